The number of aromatic nitrogens is 1. The average molecular weight is 224 g/mol. The van der Waals surface area contributed by atoms with Gasteiger partial charge in [0, 0.05) is 12.2 Å². The van der Waals surface area contributed by atoms with E-state index in [4.69, 9.17) is 0 Å². The maximum Gasteiger partial charge on any atom is 0.339 e. The second-order valence-corrected chi connectivity index (χ2v) is 3.48. The molecule has 0 saturated carbocycles. The average Bonchev–Trinajstić information content (AvgIpc) is 2.54. The number of carbonyl (C=O) groups is 2. The molecule has 5 nitrogen and oxygen atoms in total. The molecule has 0 aliphatic heterocycles. The second-order valence-electron chi connectivity index (χ2n) is 3.48. The third kappa shape index (κ3) is 2.08. The normalized spacial score (nSPS) is 10.0. The van der Waals surface area contributed by atoms with Crippen LogP contribution in [0.3, 0.4) is 0 Å². The highest BCUT2D eigenvalue weighted by Crippen LogP contribution is 2.18. The molecule has 0 unspecified atom stereocenters. The monoisotopic (exact) mass is 224 g/mol. The maximum absolute atomic E-state index is 11.6. The molecule has 0 aliphatic rings. The largest absolute Gasteiger partial charge is 0.465 e. The van der Waals surface area contributed by atoms with Crippen LogP contribution in [0.15, 0.2) is 0 Å². The van der Waals surface area contributed by atoms with Crippen molar-refractivity contribution < 1.29 is 14.3 Å². The lowest BCUT2D eigenvalue weighted by molar-refractivity contribution is 0.0599. The highest BCUT2D eigenvalue weighted by Gasteiger charge is 2.21. The number of ether oxygens (including phenoxy) is 1. The number of carbonyl (C=O) groups excluding carboxylic acids is 2. The molecule has 0 aromatic carbocycles. The minimum Gasteiger partial charge on any atom is -0.465 e. The zero-order valence-electron chi connectivity index (χ0n) is 9.93. The van der Waals surface area contributed by atoms with Crippen molar-refractivity contribution in [2.75, 3.05) is 13.7 Å². The predicted octanol–water partition coefficient (Wildman–Crippen LogP) is 1.17. The molecule has 0 atom stereocenters. The minimum atomic E-state index is -0.429. The van der Waals surface area contributed by atoms with Crippen LogP contribution in [-0.2, 0) is 4.74 Å². The number of nitrogens with one attached hydrogen (secondary N) is 2. The molecule has 5 heteroatoms. The van der Waals surface area contributed by atoms with Gasteiger partial charge in [0.1, 0.15) is 5.69 Å². The van der Waals surface area contributed by atoms with Crippen LogP contribution in [0.4, 0.5) is 0 Å². The van der Waals surface area contributed by atoms with Crippen molar-refractivity contribution in [2.45, 2.75) is 20.8 Å². The Morgan fingerprint density at radius 3 is 2.50 bits per heavy atom. The summed E-state index contributed by atoms with van der Waals surface area (Å²) in [5.74, 6) is -0.639. The number of methoxy groups -OCH3 is 1. The van der Waals surface area contributed by atoms with Gasteiger partial charge in [0.05, 0.1) is 12.7 Å². The molecule has 1 rings (SSSR count). The van der Waals surface area contributed by atoms with Crippen LogP contribution in [0.25, 0.3) is 0 Å². The van der Waals surface area contributed by atoms with Crippen LogP contribution in [0.2, 0.25) is 0 Å². The summed E-state index contributed by atoms with van der Waals surface area (Å²) in [5.41, 5.74) is 2.12. The van der Waals surface area contributed by atoms with E-state index >= 15 is 0 Å². The molecule has 88 valence electrons. The summed E-state index contributed by atoms with van der Waals surface area (Å²) in [6.45, 7) is 5.84. The zero-order chi connectivity index (χ0) is 12.3. The minimum absolute atomic E-state index is 0.210. The summed E-state index contributed by atoms with van der Waals surface area (Å²) in [6.07, 6.45) is 0. The molecule has 0 fully saturated rings. The SMILES string of the molecule is CCNC(=O)c1[nH]c(C)c(C(=O)OC)c1C. The van der Waals surface area contributed by atoms with Gasteiger partial charge in [-0.25, -0.2) is 4.79 Å². The van der Waals surface area contributed by atoms with Gasteiger partial charge in [0.25, 0.3) is 5.91 Å². The maximum atomic E-state index is 11.6. The fourth-order valence-electron chi connectivity index (χ4n) is 1.63. The highest BCUT2D eigenvalue weighted by molar-refractivity contribution is 6.00. The van der Waals surface area contributed by atoms with E-state index in [1.165, 1.54) is 7.11 Å². The summed E-state index contributed by atoms with van der Waals surface area (Å²) >= 11 is 0. The topological polar surface area (TPSA) is 71.2 Å². The molecule has 1 amide bonds. The third-order valence-electron chi connectivity index (χ3n) is 2.39. The number of esters is 1. The lowest BCUT2D eigenvalue weighted by atomic mass is 10.1. The Morgan fingerprint density at radius 1 is 1.38 bits per heavy atom. The summed E-state index contributed by atoms with van der Waals surface area (Å²) in [5, 5.41) is 2.68. The highest BCUT2D eigenvalue weighted by atomic mass is 16.5. The molecule has 1 aromatic heterocycles. The van der Waals surface area contributed by atoms with Gasteiger partial charge in [-0.1, -0.05) is 0 Å². The summed E-state index contributed by atoms with van der Waals surface area (Å²) in [6, 6.07) is 0. The van der Waals surface area contributed by atoms with Gasteiger partial charge < -0.3 is 15.0 Å². The van der Waals surface area contributed by atoms with Crippen molar-refractivity contribution in [2.24, 2.45) is 0 Å². The smallest absolute Gasteiger partial charge is 0.339 e. The van der Waals surface area contributed by atoms with Crippen molar-refractivity contribution in [3.8, 4) is 0 Å². The van der Waals surface area contributed by atoms with Gasteiger partial charge in [-0.05, 0) is 26.3 Å². The number of hydrogen-bond acceptors (Lipinski definition) is 3. The first-order valence-electron chi connectivity index (χ1n) is 5.08. The van der Waals surface area contributed by atoms with Crippen molar-refractivity contribution in [1.29, 1.82) is 0 Å². The molecule has 1 aromatic rings. The molecule has 2 N–H and O–H groups in total. The lowest BCUT2D eigenvalue weighted by Gasteiger charge is -2.01. The van der Waals surface area contributed by atoms with Crippen LogP contribution in [0, 0.1) is 13.8 Å². The van der Waals surface area contributed by atoms with Gasteiger partial charge in [-0.3, -0.25) is 4.79 Å². The van der Waals surface area contributed by atoms with Crippen LogP contribution >= 0.6 is 0 Å². The van der Waals surface area contributed by atoms with E-state index in [9.17, 15) is 9.59 Å². The molecule has 0 saturated heterocycles. The first-order valence-corrected chi connectivity index (χ1v) is 5.08. The molecular formula is C11H16N2O3. The standard InChI is InChI=1S/C11H16N2O3/c1-5-12-10(14)9-6(2)8(7(3)13-9)11(15)16-4/h13H,5H2,1-4H3,(H,12,14). The number of hydrogen-bond donors (Lipinski definition) is 2. The van der Waals surface area contributed by atoms with Gasteiger partial charge in [0.15, 0.2) is 0 Å². The van der Waals surface area contributed by atoms with E-state index in [0.29, 0.717) is 29.1 Å². The number of aromatic amines is 1. The van der Waals surface area contributed by atoms with E-state index in [2.05, 4.69) is 15.0 Å². The second kappa shape index (κ2) is 4.83. The fourth-order valence-corrected chi connectivity index (χ4v) is 1.63. The van der Waals surface area contributed by atoms with Crippen molar-refractivity contribution in [3.63, 3.8) is 0 Å². The van der Waals surface area contributed by atoms with Crippen LogP contribution in [0.1, 0.15) is 39.0 Å². The van der Waals surface area contributed by atoms with Crippen LogP contribution in [0.5, 0.6) is 0 Å². The van der Waals surface area contributed by atoms with Crippen LogP contribution in [-0.4, -0.2) is 30.5 Å². The van der Waals surface area contributed by atoms with Gasteiger partial charge >= 0.3 is 5.97 Å². The van der Waals surface area contributed by atoms with E-state index < -0.39 is 5.97 Å². The quantitative estimate of drug-likeness (QED) is 0.757. The van der Waals surface area contributed by atoms with Crippen molar-refractivity contribution in [3.05, 3.63) is 22.5 Å². The molecule has 16 heavy (non-hydrogen) atoms. The molecule has 0 aliphatic carbocycles. The van der Waals surface area contributed by atoms with Crippen molar-refractivity contribution in [1.82, 2.24) is 10.3 Å². The fraction of sp³-hybridized carbons (Fsp3) is 0.455. The number of rotatable bonds is 3. The molecule has 0 bridgehead atoms. The van der Waals surface area contributed by atoms with Gasteiger partial charge in [-0.15, -0.1) is 0 Å². The number of amides is 1. The molecule has 1 heterocycles. The number of H-pyrrole nitrogens is 1. The Kier molecular flexibility index (Phi) is 3.71. The number of aryl methyl sites for hydroxylation is 1. The van der Waals surface area contributed by atoms with Gasteiger partial charge in [-0.2, -0.15) is 0 Å². The Morgan fingerprint density at radius 2 is 2.00 bits per heavy atom. The lowest BCUT2D eigenvalue weighted by Crippen LogP contribution is -2.23. The summed E-state index contributed by atoms with van der Waals surface area (Å²) in [4.78, 5) is 26.0. The Labute approximate surface area is 94.2 Å². The first kappa shape index (κ1) is 12.3. The van der Waals surface area contributed by atoms with E-state index in [1.807, 2.05) is 6.92 Å². The third-order valence-corrected chi connectivity index (χ3v) is 2.39. The molecular weight excluding hydrogens is 208 g/mol. The zero-order valence-corrected chi connectivity index (χ0v) is 9.93. The van der Waals surface area contributed by atoms with Crippen LogP contribution < -0.4 is 5.32 Å². The summed E-state index contributed by atoms with van der Waals surface area (Å²) in [7, 11) is 1.32. The van der Waals surface area contributed by atoms with E-state index in [-0.39, 0.29) is 5.91 Å². The predicted molar refractivity (Wildman–Crippen MR) is 59.6 cm³/mol. The Bertz CT molecular complexity index is 421. The van der Waals surface area contributed by atoms with E-state index in [0.717, 1.165) is 0 Å². The first-order chi connectivity index (χ1) is 7.52. The Hall–Kier alpha value is -1.78. The van der Waals surface area contributed by atoms with E-state index in [1.54, 1.807) is 13.8 Å². The van der Waals surface area contributed by atoms with Crippen molar-refractivity contribution >= 4 is 11.9 Å². The Balaban J connectivity index is 3.16. The summed E-state index contributed by atoms with van der Waals surface area (Å²) < 4.78 is 4.66. The molecule has 0 radical (unpaired) electrons. The molecule has 0 spiro atoms. The van der Waals surface area contributed by atoms with Gasteiger partial charge in [0.2, 0.25) is 0 Å².